The van der Waals surface area contributed by atoms with E-state index in [2.05, 4.69) is 15.6 Å². The van der Waals surface area contributed by atoms with Crippen molar-refractivity contribution in [1.29, 1.82) is 0 Å². The number of nitrogens with zero attached hydrogens (tertiary/aromatic N) is 1. The van der Waals surface area contributed by atoms with Crippen LogP contribution in [-0.2, 0) is 16.1 Å². The number of ether oxygens (including phenoxy) is 1. The minimum Gasteiger partial charge on any atom is -0.383 e. The zero-order valence-electron chi connectivity index (χ0n) is 9.47. The molecule has 1 aromatic heterocycles. The van der Waals surface area contributed by atoms with E-state index in [1.165, 1.54) is 11.3 Å². The van der Waals surface area contributed by atoms with Crippen LogP contribution >= 0.6 is 36.2 Å². The first-order valence-corrected chi connectivity index (χ1v) is 5.60. The number of nitrogens with one attached hydrogen (secondary N) is 2. The molecule has 0 fully saturated rings. The fourth-order valence-electron chi connectivity index (χ4n) is 0.953. The Labute approximate surface area is 117 Å². The van der Waals surface area contributed by atoms with Gasteiger partial charge in [0.15, 0.2) is 0 Å². The van der Waals surface area contributed by atoms with Gasteiger partial charge in [-0.3, -0.25) is 4.79 Å². The van der Waals surface area contributed by atoms with Gasteiger partial charge >= 0.3 is 0 Å². The first-order chi connectivity index (χ1) is 7.33. The van der Waals surface area contributed by atoms with E-state index in [0.717, 1.165) is 5.69 Å². The summed E-state index contributed by atoms with van der Waals surface area (Å²) in [7, 11) is 1.63. The van der Waals surface area contributed by atoms with Crippen LogP contribution in [0.4, 0.5) is 0 Å². The summed E-state index contributed by atoms with van der Waals surface area (Å²) in [6.45, 7) is 2.10. The Bertz CT molecular complexity index is 286. The predicted molar refractivity (Wildman–Crippen MR) is 73.2 cm³/mol. The summed E-state index contributed by atoms with van der Waals surface area (Å²) in [6.07, 6.45) is 0. The molecule has 8 heteroatoms. The van der Waals surface area contributed by atoms with E-state index in [1.54, 1.807) is 12.6 Å². The number of amides is 1. The highest BCUT2D eigenvalue weighted by Crippen LogP contribution is 1.99. The van der Waals surface area contributed by atoms with Crippen molar-refractivity contribution in [3.8, 4) is 0 Å². The van der Waals surface area contributed by atoms with E-state index in [4.69, 9.17) is 4.74 Å². The Kier molecular flexibility index (Phi) is 13.5. The highest BCUT2D eigenvalue weighted by molar-refractivity contribution is 7.07. The molecule has 0 saturated carbocycles. The molecule has 0 saturated heterocycles. The number of halogens is 2. The van der Waals surface area contributed by atoms with Crippen molar-refractivity contribution in [3.05, 3.63) is 16.6 Å². The molecule has 0 radical (unpaired) electrons. The van der Waals surface area contributed by atoms with E-state index in [1.807, 2.05) is 5.38 Å². The number of hydrogen-bond donors (Lipinski definition) is 2. The van der Waals surface area contributed by atoms with E-state index in [0.29, 0.717) is 26.2 Å². The topological polar surface area (TPSA) is 63.2 Å². The summed E-state index contributed by atoms with van der Waals surface area (Å²) in [5.41, 5.74) is 2.64. The maximum absolute atomic E-state index is 11.3. The van der Waals surface area contributed by atoms with Gasteiger partial charge in [0, 0.05) is 19.0 Å². The lowest BCUT2D eigenvalue weighted by Gasteiger charge is -2.04. The van der Waals surface area contributed by atoms with Gasteiger partial charge in [-0.05, 0) is 0 Å². The fourth-order valence-corrected chi connectivity index (χ4v) is 1.51. The number of hydrogen-bond acceptors (Lipinski definition) is 5. The molecule has 1 aromatic rings. The molecular weight excluding hydrogens is 285 g/mol. The first kappa shape index (κ1) is 19.0. The Balaban J connectivity index is 0. The van der Waals surface area contributed by atoms with Crippen LogP contribution in [0.2, 0.25) is 0 Å². The van der Waals surface area contributed by atoms with Gasteiger partial charge in [0.1, 0.15) is 0 Å². The third-order valence-electron chi connectivity index (χ3n) is 1.72. The van der Waals surface area contributed by atoms with Crippen LogP contribution in [0.5, 0.6) is 0 Å². The second-order valence-electron chi connectivity index (χ2n) is 2.93. The van der Waals surface area contributed by atoms with E-state index < -0.39 is 0 Å². The number of rotatable bonds is 7. The third-order valence-corrected chi connectivity index (χ3v) is 2.35. The molecule has 0 bridgehead atoms. The molecule has 1 heterocycles. The molecule has 5 nitrogen and oxygen atoms in total. The van der Waals surface area contributed by atoms with E-state index >= 15 is 0 Å². The summed E-state index contributed by atoms with van der Waals surface area (Å²) in [5, 5.41) is 7.64. The van der Waals surface area contributed by atoms with Crippen molar-refractivity contribution in [2.75, 3.05) is 26.8 Å². The molecule has 0 spiro atoms. The van der Waals surface area contributed by atoms with Gasteiger partial charge in [0.25, 0.3) is 0 Å². The van der Waals surface area contributed by atoms with Crippen molar-refractivity contribution in [3.63, 3.8) is 0 Å². The van der Waals surface area contributed by atoms with Crippen LogP contribution in [0.15, 0.2) is 10.9 Å². The SMILES string of the molecule is COCCNCC(=O)NCc1cscn1.Cl.Cl. The molecule has 0 atom stereocenters. The van der Waals surface area contributed by atoms with Gasteiger partial charge in [-0.2, -0.15) is 0 Å². The summed E-state index contributed by atoms with van der Waals surface area (Å²) in [6, 6.07) is 0. The zero-order chi connectivity index (χ0) is 10.9. The molecule has 0 aromatic carbocycles. The number of carbonyl (C=O) groups excluding carboxylic acids is 1. The van der Waals surface area contributed by atoms with Gasteiger partial charge in [0.05, 0.1) is 30.9 Å². The summed E-state index contributed by atoms with van der Waals surface area (Å²) >= 11 is 1.52. The van der Waals surface area contributed by atoms with Crippen LogP contribution in [-0.4, -0.2) is 37.7 Å². The normalized spacial score (nSPS) is 9.00. The molecule has 1 amide bonds. The molecule has 1 rings (SSSR count). The van der Waals surface area contributed by atoms with Crippen LogP contribution in [0.3, 0.4) is 0 Å². The highest BCUT2D eigenvalue weighted by atomic mass is 35.5. The smallest absolute Gasteiger partial charge is 0.234 e. The number of thiazole rings is 1. The average Bonchev–Trinajstić information content (AvgIpc) is 2.74. The van der Waals surface area contributed by atoms with Crippen LogP contribution in [0.1, 0.15) is 5.69 Å². The fraction of sp³-hybridized carbons (Fsp3) is 0.556. The molecule has 2 N–H and O–H groups in total. The minimum absolute atomic E-state index is 0. The number of methoxy groups -OCH3 is 1. The Hall–Kier alpha value is -0.400. The maximum atomic E-state index is 11.3. The zero-order valence-corrected chi connectivity index (χ0v) is 11.9. The third kappa shape index (κ3) is 9.31. The average molecular weight is 302 g/mol. The molecule has 0 unspecified atom stereocenters. The van der Waals surface area contributed by atoms with Crippen molar-refractivity contribution >= 4 is 42.1 Å². The maximum Gasteiger partial charge on any atom is 0.234 e. The van der Waals surface area contributed by atoms with Crippen LogP contribution in [0, 0.1) is 0 Å². The second kappa shape index (κ2) is 12.1. The van der Waals surface area contributed by atoms with Crippen molar-refractivity contribution in [2.45, 2.75) is 6.54 Å². The molecular formula is C9H17Cl2N3O2S. The Morgan fingerprint density at radius 2 is 2.29 bits per heavy atom. The van der Waals surface area contributed by atoms with Crippen LogP contribution in [0.25, 0.3) is 0 Å². The summed E-state index contributed by atoms with van der Waals surface area (Å²) < 4.78 is 4.84. The van der Waals surface area contributed by atoms with Crippen molar-refractivity contribution in [1.82, 2.24) is 15.6 Å². The lowest BCUT2D eigenvalue weighted by Crippen LogP contribution is -2.34. The van der Waals surface area contributed by atoms with Crippen molar-refractivity contribution in [2.24, 2.45) is 0 Å². The number of aromatic nitrogens is 1. The predicted octanol–water partition coefficient (Wildman–Crippen LogP) is 0.839. The highest BCUT2D eigenvalue weighted by Gasteiger charge is 2.00. The van der Waals surface area contributed by atoms with E-state index in [9.17, 15) is 4.79 Å². The summed E-state index contributed by atoms with van der Waals surface area (Å²) in [4.78, 5) is 15.3. The second-order valence-corrected chi connectivity index (χ2v) is 3.64. The monoisotopic (exact) mass is 301 g/mol. The van der Waals surface area contributed by atoms with Crippen LogP contribution < -0.4 is 10.6 Å². The summed E-state index contributed by atoms with van der Waals surface area (Å²) in [5.74, 6) is -0.0286. The molecule has 0 aliphatic heterocycles. The molecule has 17 heavy (non-hydrogen) atoms. The van der Waals surface area contributed by atoms with E-state index in [-0.39, 0.29) is 30.7 Å². The standard InChI is InChI=1S/C9H15N3O2S.2ClH/c1-14-3-2-10-5-9(13)11-4-8-6-15-7-12-8;;/h6-7,10H,2-5H2,1H3,(H,11,13);2*1H. The van der Waals surface area contributed by atoms with Gasteiger partial charge < -0.3 is 15.4 Å². The molecule has 0 aliphatic carbocycles. The van der Waals surface area contributed by atoms with Gasteiger partial charge in [-0.25, -0.2) is 4.98 Å². The van der Waals surface area contributed by atoms with Crippen molar-refractivity contribution < 1.29 is 9.53 Å². The van der Waals surface area contributed by atoms with Gasteiger partial charge in [0.2, 0.25) is 5.91 Å². The Morgan fingerprint density at radius 3 is 2.88 bits per heavy atom. The molecule has 100 valence electrons. The number of carbonyl (C=O) groups is 1. The lowest BCUT2D eigenvalue weighted by atomic mass is 10.4. The lowest BCUT2D eigenvalue weighted by molar-refractivity contribution is -0.120. The minimum atomic E-state index is -0.0286. The largest absolute Gasteiger partial charge is 0.383 e. The quantitative estimate of drug-likeness (QED) is 0.733. The molecule has 0 aliphatic rings. The van der Waals surface area contributed by atoms with Gasteiger partial charge in [-0.1, -0.05) is 0 Å². The van der Waals surface area contributed by atoms with Gasteiger partial charge in [-0.15, -0.1) is 36.2 Å². The first-order valence-electron chi connectivity index (χ1n) is 4.66. The Morgan fingerprint density at radius 1 is 1.53 bits per heavy atom.